The standard InChI is InChI=1S/C14H22N2O5/c1-14(2,3)21-13(17)16-10-7-12(19-5)11(18-4)6-9(10)8-20-15/h6-7H,8,15H2,1-5H3,(H,16,17). The van der Waals surface area contributed by atoms with Gasteiger partial charge in [-0.3, -0.25) is 10.2 Å². The Kier molecular flexibility index (Phi) is 5.80. The summed E-state index contributed by atoms with van der Waals surface area (Å²) in [7, 11) is 3.03. The van der Waals surface area contributed by atoms with Gasteiger partial charge in [0, 0.05) is 11.6 Å². The summed E-state index contributed by atoms with van der Waals surface area (Å²) in [6.45, 7) is 5.45. The van der Waals surface area contributed by atoms with Crippen LogP contribution in [0.1, 0.15) is 26.3 Å². The van der Waals surface area contributed by atoms with E-state index in [2.05, 4.69) is 10.2 Å². The van der Waals surface area contributed by atoms with Crippen molar-refractivity contribution in [2.24, 2.45) is 5.90 Å². The highest BCUT2D eigenvalue weighted by Gasteiger charge is 2.19. The molecule has 0 unspecified atom stereocenters. The molecule has 0 aliphatic rings. The second-order valence-electron chi connectivity index (χ2n) is 5.30. The Morgan fingerprint density at radius 1 is 1.19 bits per heavy atom. The molecular weight excluding hydrogens is 276 g/mol. The number of anilines is 1. The molecule has 0 spiro atoms. The molecule has 0 radical (unpaired) electrons. The molecule has 0 atom stereocenters. The molecule has 21 heavy (non-hydrogen) atoms. The zero-order chi connectivity index (χ0) is 16.0. The molecule has 3 N–H and O–H groups in total. The van der Waals surface area contributed by atoms with Crippen molar-refractivity contribution in [2.75, 3.05) is 19.5 Å². The lowest BCUT2D eigenvalue weighted by molar-refractivity contribution is 0.0635. The fourth-order valence-corrected chi connectivity index (χ4v) is 1.66. The first-order valence-corrected chi connectivity index (χ1v) is 6.37. The first-order valence-electron chi connectivity index (χ1n) is 6.37. The van der Waals surface area contributed by atoms with Crippen LogP contribution in [-0.4, -0.2) is 25.9 Å². The highest BCUT2D eigenvalue weighted by molar-refractivity contribution is 5.86. The third-order valence-corrected chi connectivity index (χ3v) is 2.48. The van der Waals surface area contributed by atoms with Gasteiger partial charge in [-0.2, -0.15) is 0 Å². The van der Waals surface area contributed by atoms with Crippen molar-refractivity contribution < 1.29 is 23.8 Å². The Labute approximate surface area is 124 Å². The van der Waals surface area contributed by atoms with E-state index in [-0.39, 0.29) is 6.61 Å². The molecule has 7 nitrogen and oxygen atoms in total. The normalized spacial score (nSPS) is 11.0. The third-order valence-electron chi connectivity index (χ3n) is 2.48. The summed E-state index contributed by atoms with van der Waals surface area (Å²) in [4.78, 5) is 16.5. The number of nitrogens with two attached hydrogens (primary N) is 1. The molecule has 1 aromatic rings. The second kappa shape index (κ2) is 7.14. The molecule has 0 saturated heterocycles. The molecule has 0 saturated carbocycles. The number of rotatable bonds is 5. The summed E-state index contributed by atoms with van der Waals surface area (Å²) >= 11 is 0. The van der Waals surface area contributed by atoms with Crippen LogP contribution in [0.15, 0.2) is 12.1 Å². The highest BCUT2D eigenvalue weighted by atomic mass is 16.6. The smallest absolute Gasteiger partial charge is 0.412 e. The van der Waals surface area contributed by atoms with E-state index in [0.717, 1.165) is 0 Å². The molecule has 7 heteroatoms. The number of benzene rings is 1. The van der Waals surface area contributed by atoms with Crippen LogP contribution in [0.25, 0.3) is 0 Å². The highest BCUT2D eigenvalue weighted by Crippen LogP contribution is 2.33. The minimum absolute atomic E-state index is 0.103. The predicted molar refractivity (Wildman–Crippen MR) is 78.4 cm³/mol. The van der Waals surface area contributed by atoms with Gasteiger partial charge in [0.15, 0.2) is 11.5 Å². The maximum Gasteiger partial charge on any atom is 0.412 e. The van der Waals surface area contributed by atoms with Crippen molar-refractivity contribution in [3.63, 3.8) is 0 Å². The van der Waals surface area contributed by atoms with Crippen LogP contribution in [0.3, 0.4) is 0 Å². The van der Waals surface area contributed by atoms with E-state index in [0.29, 0.717) is 22.7 Å². The van der Waals surface area contributed by atoms with Crippen molar-refractivity contribution in [3.8, 4) is 11.5 Å². The Morgan fingerprint density at radius 3 is 2.24 bits per heavy atom. The number of nitrogens with one attached hydrogen (secondary N) is 1. The first kappa shape index (κ1) is 17.1. The van der Waals surface area contributed by atoms with Gasteiger partial charge in [-0.25, -0.2) is 10.7 Å². The lowest BCUT2D eigenvalue weighted by Gasteiger charge is -2.21. The van der Waals surface area contributed by atoms with Gasteiger partial charge >= 0.3 is 6.09 Å². The molecule has 0 fully saturated rings. The van der Waals surface area contributed by atoms with Crippen LogP contribution in [0.5, 0.6) is 11.5 Å². The summed E-state index contributed by atoms with van der Waals surface area (Å²) in [6, 6.07) is 3.30. The Hall–Kier alpha value is -1.99. The van der Waals surface area contributed by atoms with Gasteiger partial charge in [0.1, 0.15) is 5.60 Å². The summed E-state index contributed by atoms with van der Waals surface area (Å²) in [5.41, 5.74) is 0.527. The molecule has 0 aliphatic heterocycles. The van der Waals surface area contributed by atoms with Gasteiger partial charge in [-0.05, 0) is 26.8 Å². The fourth-order valence-electron chi connectivity index (χ4n) is 1.66. The van der Waals surface area contributed by atoms with E-state index in [9.17, 15) is 4.79 Å². The van der Waals surface area contributed by atoms with Crippen molar-refractivity contribution in [3.05, 3.63) is 17.7 Å². The fraction of sp³-hybridized carbons (Fsp3) is 0.500. The zero-order valence-corrected chi connectivity index (χ0v) is 13.0. The lowest BCUT2D eigenvalue weighted by Crippen LogP contribution is -2.27. The maximum atomic E-state index is 11.9. The van der Waals surface area contributed by atoms with Gasteiger partial charge in [-0.1, -0.05) is 0 Å². The number of amides is 1. The zero-order valence-electron chi connectivity index (χ0n) is 13.0. The van der Waals surface area contributed by atoms with Crippen molar-refractivity contribution in [1.82, 2.24) is 0 Å². The molecule has 0 aromatic heterocycles. The van der Waals surface area contributed by atoms with Gasteiger partial charge in [0.2, 0.25) is 0 Å². The van der Waals surface area contributed by atoms with Crippen LogP contribution < -0.4 is 20.7 Å². The van der Waals surface area contributed by atoms with Crippen molar-refractivity contribution in [1.29, 1.82) is 0 Å². The number of methoxy groups -OCH3 is 2. The number of carbonyl (C=O) groups is 1. The Morgan fingerprint density at radius 2 is 1.76 bits per heavy atom. The molecule has 1 amide bonds. The minimum Gasteiger partial charge on any atom is -0.493 e. The van der Waals surface area contributed by atoms with Crippen molar-refractivity contribution >= 4 is 11.8 Å². The summed E-state index contributed by atoms with van der Waals surface area (Å²) in [5.74, 6) is 6.10. The lowest BCUT2D eigenvalue weighted by atomic mass is 10.1. The van der Waals surface area contributed by atoms with Gasteiger partial charge < -0.3 is 14.2 Å². The average molecular weight is 298 g/mol. The predicted octanol–water partition coefficient (Wildman–Crippen LogP) is 2.44. The molecule has 0 bridgehead atoms. The maximum absolute atomic E-state index is 11.9. The SMILES string of the molecule is COc1cc(CON)c(NC(=O)OC(C)(C)C)cc1OC. The van der Waals surface area contributed by atoms with Crippen LogP contribution in [-0.2, 0) is 16.2 Å². The quantitative estimate of drug-likeness (QED) is 0.811. The van der Waals surface area contributed by atoms with E-state index < -0.39 is 11.7 Å². The van der Waals surface area contributed by atoms with Gasteiger partial charge in [0.25, 0.3) is 0 Å². The Bertz CT molecular complexity index is 497. The van der Waals surface area contributed by atoms with E-state index in [4.69, 9.17) is 20.1 Å². The summed E-state index contributed by atoms with van der Waals surface area (Å²) in [6.07, 6.45) is -0.576. The molecule has 118 valence electrons. The second-order valence-corrected chi connectivity index (χ2v) is 5.30. The number of carbonyl (C=O) groups excluding carboxylic acids is 1. The molecular formula is C14H22N2O5. The number of ether oxygens (including phenoxy) is 3. The van der Waals surface area contributed by atoms with E-state index in [1.165, 1.54) is 14.2 Å². The Balaban J connectivity index is 3.05. The van der Waals surface area contributed by atoms with Gasteiger partial charge in [-0.15, -0.1) is 0 Å². The topological polar surface area (TPSA) is 92.0 Å². The van der Waals surface area contributed by atoms with Crippen molar-refractivity contribution in [2.45, 2.75) is 33.0 Å². The first-order chi connectivity index (χ1) is 9.80. The van der Waals surface area contributed by atoms with Crippen LogP contribution in [0.4, 0.5) is 10.5 Å². The summed E-state index contributed by atoms with van der Waals surface area (Å²) in [5, 5.41) is 2.65. The molecule has 0 heterocycles. The minimum atomic E-state index is -0.592. The molecule has 0 aliphatic carbocycles. The van der Waals surface area contributed by atoms with Crippen LogP contribution >= 0.6 is 0 Å². The van der Waals surface area contributed by atoms with E-state index >= 15 is 0 Å². The summed E-state index contributed by atoms with van der Waals surface area (Å²) < 4.78 is 15.6. The van der Waals surface area contributed by atoms with Gasteiger partial charge in [0.05, 0.1) is 26.5 Å². The molecule has 1 aromatic carbocycles. The van der Waals surface area contributed by atoms with Crippen LogP contribution in [0.2, 0.25) is 0 Å². The van der Waals surface area contributed by atoms with E-state index in [1.54, 1.807) is 32.9 Å². The number of hydrogen-bond acceptors (Lipinski definition) is 6. The van der Waals surface area contributed by atoms with Crippen LogP contribution in [0, 0.1) is 0 Å². The number of hydrogen-bond donors (Lipinski definition) is 2. The largest absolute Gasteiger partial charge is 0.493 e. The molecule has 1 rings (SSSR count). The average Bonchev–Trinajstić information content (AvgIpc) is 2.38. The monoisotopic (exact) mass is 298 g/mol. The third kappa shape index (κ3) is 5.13. The van der Waals surface area contributed by atoms with E-state index in [1.807, 2.05) is 0 Å².